The number of ether oxygens (including phenoxy) is 1. The topological polar surface area (TPSA) is 104 Å². The zero-order valence-corrected chi connectivity index (χ0v) is 15.6. The van der Waals surface area contributed by atoms with Crippen molar-refractivity contribution in [3.05, 3.63) is 29.4 Å². The smallest absolute Gasteiger partial charge is 0.243 e. The van der Waals surface area contributed by atoms with Crippen molar-refractivity contribution in [2.75, 3.05) is 19.5 Å². The number of hydrogen-bond donors (Lipinski definition) is 0. The lowest BCUT2D eigenvalue weighted by molar-refractivity contribution is 0.0666. The third-order valence-corrected chi connectivity index (χ3v) is 5.11. The first-order chi connectivity index (χ1) is 12.4. The van der Waals surface area contributed by atoms with Gasteiger partial charge in [0.05, 0.1) is 6.04 Å². The first kappa shape index (κ1) is 17.4. The highest BCUT2D eigenvalue weighted by molar-refractivity contribution is 7.89. The van der Waals surface area contributed by atoms with Gasteiger partial charge in [0.25, 0.3) is 0 Å². The molecule has 3 aromatic heterocycles. The highest BCUT2D eigenvalue weighted by Crippen LogP contribution is 2.27. The monoisotopic (exact) mass is 396 g/mol. The van der Waals surface area contributed by atoms with E-state index >= 15 is 0 Å². The Morgan fingerprint density at radius 3 is 2.73 bits per heavy atom. The molecular weight excluding hydrogens is 380 g/mol. The zero-order chi connectivity index (χ0) is 18.3. The molecule has 3 aromatic rings. The average Bonchev–Trinajstić information content (AvgIpc) is 3.15. The van der Waals surface area contributed by atoms with E-state index in [0.29, 0.717) is 24.7 Å². The Hall–Kier alpha value is -2.04. The largest absolute Gasteiger partial charge is 0.381 e. The van der Waals surface area contributed by atoms with Crippen molar-refractivity contribution in [3.8, 4) is 11.4 Å². The van der Waals surface area contributed by atoms with Gasteiger partial charge in [-0.2, -0.15) is 10.1 Å². The Bertz CT molecular complexity index is 1050. The fourth-order valence-corrected chi connectivity index (χ4v) is 3.79. The van der Waals surface area contributed by atoms with E-state index in [1.54, 1.807) is 16.8 Å². The molecule has 1 aliphatic heterocycles. The van der Waals surface area contributed by atoms with Crippen LogP contribution in [-0.2, 0) is 20.3 Å². The molecule has 4 heterocycles. The van der Waals surface area contributed by atoms with Crippen LogP contribution >= 0.6 is 11.6 Å². The third kappa shape index (κ3) is 3.57. The maximum Gasteiger partial charge on any atom is 0.243 e. The molecule has 0 bridgehead atoms. The Balaban J connectivity index is 1.80. The predicted molar refractivity (Wildman–Crippen MR) is 94.7 cm³/mol. The van der Waals surface area contributed by atoms with Gasteiger partial charge in [-0.15, -0.1) is 5.10 Å². The lowest BCUT2D eigenvalue weighted by Gasteiger charge is -2.23. The standard InChI is InChI=1S/C15H17ClN6O3S/c1-26(23,24)9-12-17-14(22(19-12)11-4-6-25-7-5-11)10-2-3-13-18-15(16)20-21(13)8-10/h2-3,8,11H,4-7,9H2,1H3. The van der Waals surface area contributed by atoms with E-state index in [1.165, 1.54) is 6.26 Å². The number of fused-ring (bicyclic) bond motifs is 1. The summed E-state index contributed by atoms with van der Waals surface area (Å²) in [5.74, 6) is 0.683. The third-order valence-electron chi connectivity index (χ3n) is 4.17. The van der Waals surface area contributed by atoms with Gasteiger partial charge in [0.1, 0.15) is 5.75 Å². The number of halogens is 1. The number of pyridine rings is 1. The van der Waals surface area contributed by atoms with E-state index in [4.69, 9.17) is 16.3 Å². The molecule has 1 fully saturated rings. The van der Waals surface area contributed by atoms with Crippen LogP contribution in [0, 0.1) is 0 Å². The summed E-state index contributed by atoms with van der Waals surface area (Å²) in [6.07, 6.45) is 4.53. The molecule has 0 amide bonds. The molecule has 4 rings (SSSR count). The molecule has 11 heteroatoms. The van der Waals surface area contributed by atoms with E-state index < -0.39 is 9.84 Å². The summed E-state index contributed by atoms with van der Waals surface area (Å²) in [4.78, 5) is 8.58. The summed E-state index contributed by atoms with van der Waals surface area (Å²) < 4.78 is 32.1. The highest BCUT2D eigenvalue weighted by Gasteiger charge is 2.24. The SMILES string of the molecule is CS(=O)(=O)Cc1nc(-c2ccc3nc(Cl)nn3c2)n(C2CCOCC2)n1. The van der Waals surface area contributed by atoms with Gasteiger partial charge in [-0.25, -0.2) is 22.6 Å². The summed E-state index contributed by atoms with van der Waals surface area (Å²) in [6.45, 7) is 1.28. The Labute approximate surface area is 154 Å². The molecule has 26 heavy (non-hydrogen) atoms. The van der Waals surface area contributed by atoms with Crippen molar-refractivity contribution in [2.24, 2.45) is 0 Å². The molecule has 9 nitrogen and oxygen atoms in total. The second-order valence-electron chi connectivity index (χ2n) is 6.31. The molecule has 1 saturated heterocycles. The molecule has 0 N–H and O–H groups in total. The molecule has 0 unspecified atom stereocenters. The molecule has 1 aliphatic rings. The van der Waals surface area contributed by atoms with Crippen molar-refractivity contribution in [1.29, 1.82) is 0 Å². The Morgan fingerprint density at radius 2 is 2.00 bits per heavy atom. The molecule has 0 saturated carbocycles. The number of hydrogen-bond acceptors (Lipinski definition) is 7. The number of aromatic nitrogens is 6. The Kier molecular flexibility index (Phi) is 4.41. The first-order valence-corrected chi connectivity index (χ1v) is 10.6. The summed E-state index contributed by atoms with van der Waals surface area (Å²) in [5, 5.41) is 8.74. The predicted octanol–water partition coefficient (Wildman–Crippen LogP) is 1.54. The summed E-state index contributed by atoms with van der Waals surface area (Å²) in [7, 11) is -3.23. The van der Waals surface area contributed by atoms with Crippen molar-refractivity contribution < 1.29 is 13.2 Å². The summed E-state index contributed by atoms with van der Waals surface area (Å²) in [5.41, 5.74) is 1.38. The fraction of sp³-hybridized carbons (Fsp3) is 0.467. The van der Waals surface area contributed by atoms with Crippen LogP contribution in [0.1, 0.15) is 24.7 Å². The van der Waals surface area contributed by atoms with E-state index in [2.05, 4.69) is 20.2 Å². The van der Waals surface area contributed by atoms with Crippen LogP contribution < -0.4 is 0 Å². The van der Waals surface area contributed by atoms with Gasteiger partial charge < -0.3 is 4.74 Å². The maximum atomic E-state index is 11.7. The normalized spacial score (nSPS) is 16.4. The minimum Gasteiger partial charge on any atom is -0.381 e. The number of sulfone groups is 1. The molecular formula is C15H17ClN6O3S. The van der Waals surface area contributed by atoms with E-state index in [1.807, 2.05) is 10.7 Å². The minimum atomic E-state index is -3.23. The number of nitrogens with zero attached hydrogens (tertiary/aromatic N) is 6. The van der Waals surface area contributed by atoms with E-state index in [-0.39, 0.29) is 22.9 Å². The summed E-state index contributed by atoms with van der Waals surface area (Å²) in [6, 6.07) is 3.74. The number of rotatable bonds is 4. The van der Waals surface area contributed by atoms with Crippen LogP contribution in [0.2, 0.25) is 5.28 Å². The second-order valence-corrected chi connectivity index (χ2v) is 8.79. The first-order valence-electron chi connectivity index (χ1n) is 8.12. The van der Waals surface area contributed by atoms with Gasteiger partial charge in [-0.1, -0.05) is 0 Å². The van der Waals surface area contributed by atoms with Crippen LogP contribution in [0.25, 0.3) is 17.0 Å². The Morgan fingerprint density at radius 1 is 1.23 bits per heavy atom. The molecule has 0 aliphatic carbocycles. The lowest BCUT2D eigenvalue weighted by atomic mass is 10.1. The van der Waals surface area contributed by atoms with Crippen LogP contribution in [0.4, 0.5) is 0 Å². The maximum absolute atomic E-state index is 11.7. The van der Waals surface area contributed by atoms with E-state index in [9.17, 15) is 8.42 Å². The van der Waals surface area contributed by atoms with Crippen molar-refractivity contribution in [1.82, 2.24) is 29.4 Å². The van der Waals surface area contributed by atoms with Crippen molar-refractivity contribution in [3.63, 3.8) is 0 Å². The van der Waals surface area contributed by atoms with Crippen LogP contribution in [0.15, 0.2) is 18.3 Å². The minimum absolute atomic E-state index is 0.106. The van der Waals surface area contributed by atoms with Gasteiger partial charge in [0.2, 0.25) is 5.28 Å². The molecule has 0 aromatic carbocycles. The molecule has 138 valence electrons. The van der Waals surface area contributed by atoms with Crippen molar-refractivity contribution in [2.45, 2.75) is 24.6 Å². The second kappa shape index (κ2) is 6.60. The molecule has 0 atom stereocenters. The fourth-order valence-electron chi connectivity index (χ4n) is 3.03. The quantitative estimate of drug-likeness (QED) is 0.658. The van der Waals surface area contributed by atoms with Gasteiger partial charge in [0, 0.05) is 31.2 Å². The summed E-state index contributed by atoms with van der Waals surface area (Å²) >= 11 is 5.85. The van der Waals surface area contributed by atoms with Gasteiger partial charge >= 0.3 is 0 Å². The van der Waals surface area contributed by atoms with Gasteiger partial charge in [0.15, 0.2) is 27.1 Å². The molecule has 0 spiro atoms. The van der Waals surface area contributed by atoms with Gasteiger partial charge in [-0.3, -0.25) is 0 Å². The average molecular weight is 397 g/mol. The molecule has 0 radical (unpaired) electrons. The van der Waals surface area contributed by atoms with Crippen LogP contribution in [0.3, 0.4) is 0 Å². The van der Waals surface area contributed by atoms with Crippen molar-refractivity contribution >= 4 is 27.1 Å². The van der Waals surface area contributed by atoms with Crippen LogP contribution in [-0.4, -0.2) is 57.2 Å². The van der Waals surface area contributed by atoms with E-state index in [0.717, 1.165) is 18.4 Å². The van der Waals surface area contributed by atoms with Gasteiger partial charge in [-0.05, 0) is 36.6 Å². The lowest BCUT2D eigenvalue weighted by Crippen LogP contribution is -2.21. The van der Waals surface area contributed by atoms with Crippen LogP contribution in [0.5, 0.6) is 0 Å². The highest BCUT2D eigenvalue weighted by atomic mass is 35.5. The zero-order valence-electron chi connectivity index (χ0n) is 14.0.